The Morgan fingerprint density at radius 3 is 2.53 bits per heavy atom. The van der Waals surface area contributed by atoms with Crippen LogP contribution in [0.2, 0.25) is 0 Å². The summed E-state index contributed by atoms with van der Waals surface area (Å²) in [6.45, 7) is 4.53. The molecule has 1 aliphatic heterocycles. The minimum absolute atomic E-state index is 0.0607. The molecular weight excluding hydrogens is 217 g/mol. The first-order valence-electron chi connectivity index (χ1n) is 6.03. The lowest BCUT2D eigenvalue weighted by atomic mass is 9.96. The molecule has 1 aromatic rings. The fourth-order valence-corrected chi connectivity index (χ4v) is 2.32. The van der Waals surface area contributed by atoms with Crippen molar-refractivity contribution < 1.29 is 9.18 Å². The van der Waals surface area contributed by atoms with Crippen molar-refractivity contribution in [1.82, 2.24) is 0 Å². The van der Waals surface area contributed by atoms with Crippen molar-refractivity contribution in [2.24, 2.45) is 0 Å². The lowest BCUT2D eigenvalue weighted by Gasteiger charge is -2.36. The van der Waals surface area contributed by atoms with E-state index in [1.54, 1.807) is 13.8 Å². The monoisotopic (exact) mass is 235 g/mol. The van der Waals surface area contributed by atoms with Crippen LogP contribution in [0.4, 0.5) is 10.1 Å². The minimum atomic E-state index is -1.10. The number of benzene rings is 1. The number of halogens is 1. The molecule has 17 heavy (non-hydrogen) atoms. The summed E-state index contributed by atoms with van der Waals surface area (Å²) >= 11 is 0. The molecule has 1 unspecified atom stereocenters. The van der Waals surface area contributed by atoms with Gasteiger partial charge in [0.15, 0.2) is 5.78 Å². The van der Waals surface area contributed by atoms with Gasteiger partial charge in [0.25, 0.3) is 0 Å². The Morgan fingerprint density at radius 2 is 2.00 bits per heavy atom. The highest BCUT2D eigenvalue weighted by Crippen LogP contribution is 2.28. The second-order valence-electron chi connectivity index (χ2n) is 5.04. The number of piperidine rings is 1. The maximum Gasteiger partial charge on any atom is 0.159 e. The van der Waals surface area contributed by atoms with Gasteiger partial charge in [-0.15, -0.1) is 0 Å². The molecule has 1 atom stereocenters. The van der Waals surface area contributed by atoms with Gasteiger partial charge in [-0.1, -0.05) is 0 Å². The SMILES string of the molecule is CC(=O)c1ccc(N2CCCC(C)(F)C2)cc1. The van der Waals surface area contributed by atoms with Crippen LogP contribution in [-0.4, -0.2) is 24.5 Å². The van der Waals surface area contributed by atoms with Gasteiger partial charge >= 0.3 is 0 Å². The Kier molecular flexibility index (Phi) is 3.18. The van der Waals surface area contributed by atoms with Gasteiger partial charge in [0.2, 0.25) is 0 Å². The van der Waals surface area contributed by atoms with Crippen molar-refractivity contribution in [3.05, 3.63) is 29.8 Å². The van der Waals surface area contributed by atoms with Crippen LogP contribution in [0.3, 0.4) is 0 Å². The third-order valence-electron chi connectivity index (χ3n) is 3.29. The van der Waals surface area contributed by atoms with Crippen molar-refractivity contribution in [2.45, 2.75) is 32.4 Å². The summed E-state index contributed by atoms with van der Waals surface area (Å²) < 4.78 is 13.9. The molecule has 92 valence electrons. The molecule has 1 fully saturated rings. The van der Waals surface area contributed by atoms with Gasteiger partial charge in [-0.25, -0.2) is 4.39 Å². The third-order valence-corrected chi connectivity index (χ3v) is 3.29. The molecule has 1 aliphatic rings. The van der Waals surface area contributed by atoms with Gasteiger partial charge in [-0.3, -0.25) is 4.79 Å². The summed E-state index contributed by atoms with van der Waals surface area (Å²) in [5.74, 6) is 0.0607. The molecule has 0 saturated carbocycles. The Morgan fingerprint density at radius 1 is 1.35 bits per heavy atom. The standard InChI is InChI=1S/C14H18FNO/c1-11(17)12-4-6-13(7-5-12)16-9-3-8-14(2,15)10-16/h4-7H,3,8-10H2,1-2H3. The molecule has 3 heteroatoms. The second kappa shape index (κ2) is 4.47. The number of rotatable bonds is 2. The number of anilines is 1. The van der Waals surface area contributed by atoms with E-state index in [2.05, 4.69) is 0 Å². The van der Waals surface area contributed by atoms with Gasteiger partial charge in [0.05, 0.1) is 6.54 Å². The van der Waals surface area contributed by atoms with Crippen LogP contribution in [-0.2, 0) is 0 Å². The van der Waals surface area contributed by atoms with Crippen LogP contribution in [0.25, 0.3) is 0 Å². The molecule has 1 heterocycles. The smallest absolute Gasteiger partial charge is 0.159 e. The lowest BCUT2D eigenvalue weighted by molar-refractivity contribution is 0.101. The number of hydrogen-bond donors (Lipinski definition) is 0. The zero-order chi connectivity index (χ0) is 12.5. The van der Waals surface area contributed by atoms with E-state index in [1.165, 1.54) is 0 Å². The molecule has 1 saturated heterocycles. The van der Waals surface area contributed by atoms with Crippen molar-refractivity contribution in [3.8, 4) is 0 Å². The van der Waals surface area contributed by atoms with Crippen molar-refractivity contribution >= 4 is 11.5 Å². The largest absolute Gasteiger partial charge is 0.368 e. The highest BCUT2D eigenvalue weighted by Gasteiger charge is 2.30. The van der Waals surface area contributed by atoms with Crippen LogP contribution in [0.1, 0.15) is 37.0 Å². The zero-order valence-electron chi connectivity index (χ0n) is 10.4. The number of carbonyl (C=O) groups excluding carboxylic acids is 1. The minimum Gasteiger partial charge on any atom is -0.368 e. The molecule has 0 spiro atoms. The molecule has 2 nitrogen and oxygen atoms in total. The van der Waals surface area contributed by atoms with E-state index < -0.39 is 5.67 Å². The number of alkyl halides is 1. The van der Waals surface area contributed by atoms with Crippen LogP contribution < -0.4 is 4.90 Å². The predicted octanol–water partition coefficient (Wildman–Crippen LogP) is 3.22. The van der Waals surface area contributed by atoms with Gasteiger partial charge in [0, 0.05) is 17.8 Å². The van der Waals surface area contributed by atoms with Crippen molar-refractivity contribution in [3.63, 3.8) is 0 Å². The van der Waals surface area contributed by atoms with Crippen LogP contribution in [0, 0.1) is 0 Å². The summed E-state index contributed by atoms with van der Waals surface area (Å²) in [7, 11) is 0. The van der Waals surface area contributed by atoms with E-state index in [1.807, 2.05) is 29.2 Å². The molecule has 0 N–H and O–H groups in total. The summed E-state index contributed by atoms with van der Waals surface area (Å²) in [5.41, 5.74) is 0.602. The maximum atomic E-state index is 13.9. The Bertz CT molecular complexity index is 411. The molecule has 0 aromatic heterocycles. The molecule has 0 amide bonds. The van der Waals surface area contributed by atoms with E-state index in [-0.39, 0.29) is 5.78 Å². The fraction of sp³-hybridized carbons (Fsp3) is 0.500. The zero-order valence-corrected chi connectivity index (χ0v) is 10.4. The van der Waals surface area contributed by atoms with E-state index in [0.717, 1.165) is 18.7 Å². The molecule has 0 bridgehead atoms. The number of carbonyl (C=O) groups is 1. The molecule has 2 rings (SSSR count). The number of ketones is 1. The Labute approximate surface area is 101 Å². The maximum absolute atomic E-state index is 13.9. The summed E-state index contributed by atoms with van der Waals surface area (Å²) in [6, 6.07) is 7.42. The quantitative estimate of drug-likeness (QED) is 0.734. The van der Waals surface area contributed by atoms with E-state index in [9.17, 15) is 9.18 Å². The van der Waals surface area contributed by atoms with Gasteiger partial charge in [-0.05, 0) is 51.0 Å². The first kappa shape index (κ1) is 12.1. The van der Waals surface area contributed by atoms with E-state index in [0.29, 0.717) is 18.5 Å². The van der Waals surface area contributed by atoms with Crippen LogP contribution in [0.5, 0.6) is 0 Å². The summed E-state index contributed by atoms with van der Waals surface area (Å²) in [6.07, 6.45) is 1.51. The normalized spacial score (nSPS) is 24.8. The highest BCUT2D eigenvalue weighted by atomic mass is 19.1. The van der Waals surface area contributed by atoms with Gasteiger partial charge in [0.1, 0.15) is 5.67 Å². The summed E-state index contributed by atoms with van der Waals surface area (Å²) in [5, 5.41) is 0. The van der Waals surface area contributed by atoms with Crippen LogP contribution >= 0.6 is 0 Å². The molecule has 0 aliphatic carbocycles. The number of Topliss-reactive ketones (excluding diaryl/α,β-unsaturated/α-hetero) is 1. The second-order valence-corrected chi connectivity index (χ2v) is 5.04. The molecular formula is C14H18FNO. The fourth-order valence-electron chi connectivity index (χ4n) is 2.32. The van der Waals surface area contributed by atoms with Crippen LogP contribution in [0.15, 0.2) is 24.3 Å². The molecule has 1 aromatic carbocycles. The average molecular weight is 235 g/mol. The number of nitrogens with zero attached hydrogens (tertiary/aromatic N) is 1. The highest BCUT2D eigenvalue weighted by molar-refractivity contribution is 5.94. The van der Waals surface area contributed by atoms with E-state index in [4.69, 9.17) is 0 Å². The van der Waals surface area contributed by atoms with Crippen molar-refractivity contribution in [2.75, 3.05) is 18.0 Å². The predicted molar refractivity (Wildman–Crippen MR) is 67.4 cm³/mol. The lowest BCUT2D eigenvalue weighted by Crippen LogP contribution is -2.43. The first-order valence-corrected chi connectivity index (χ1v) is 6.03. The molecule has 0 radical (unpaired) electrons. The van der Waals surface area contributed by atoms with Crippen molar-refractivity contribution in [1.29, 1.82) is 0 Å². The van der Waals surface area contributed by atoms with E-state index >= 15 is 0 Å². The van der Waals surface area contributed by atoms with Gasteiger partial charge in [-0.2, -0.15) is 0 Å². The van der Waals surface area contributed by atoms with Gasteiger partial charge < -0.3 is 4.90 Å². The Hall–Kier alpha value is -1.38. The third kappa shape index (κ3) is 2.84. The average Bonchev–Trinajstić information content (AvgIpc) is 2.28. The number of hydrogen-bond acceptors (Lipinski definition) is 2. The summed E-state index contributed by atoms with van der Waals surface area (Å²) in [4.78, 5) is 13.2. The topological polar surface area (TPSA) is 20.3 Å². The first-order chi connectivity index (χ1) is 7.98. The Balaban J connectivity index is 2.14.